The second-order valence-electron chi connectivity index (χ2n) is 4.96. The minimum absolute atomic E-state index is 0. The van der Waals surface area contributed by atoms with E-state index in [1.54, 1.807) is 0 Å². The Morgan fingerprint density at radius 3 is 2.38 bits per heavy atom. The first kappa shape index (κ1) is 15.6. The summed E-state index contributed by atoms with van der Waals surface area (Å²) in [6.07, 6.45) is 0. The first-order chi connectivity index (χ1) is 9.61. The Bertz CT molecular complexity index is 768. The summed E-state index contributed by atoms with van der Waals surface area (Å²) in [6.45, 7) is 4.07. The molecule has 0 spiro atoms. The standard InChI is InChI=1S/C17H15ClN2.ClH/c1-11-3-6-14(7-4-11)20-17-9-12(2)19-16-8-5-13(18)10-15(16)17;/h3-10H,1-2H3,(H,19,20);1H. The van der Waals surface area contributed by atoms with Crippen molar-refractivity contribution in [3.05, 3.63) is 64.8 Å². The molecule has 2 aromatic carbocycles. The maximum Gasteiger partial charge on any atom is 0.0727 e. The summed E-state index contributed by atoms with van der Waals surface area (Å²) in [5, 5.41) is 5.19. The van der Waals surface area contributed by atoms with Gasteiger partial charge in [-0.15, -0.1) is 12.4 Å². The van der Waals surface area contributed by atoms with Crippen molar-refractivity contribution in [2.75, 3.05) is 5.32 Å². The predicted molar refractivity (Wildman–Crippen MR) is 93.2 cm³/mol. The van der Waals surface area contributed by atoms with Gasteiger partial charge in [0, 0.05) is 27.5 Å². The fourth-order valence-electron chi connectivity index (χ4n) is 2.23. The molecule has 0 radical (unpaired) electrons. The van der Waals surface area contributed by atoms with Crippen LogP contribution in [0.15, 0.2) is 48.5 Å². The molecular weight excluding hydrogens is 303 g/mol. The highest BCUT2D eigenvalue weighted by molar-refractivity contribution is 6.31. The summed E-state index contributed by atoms with van der Waals surface area (Å²) in [7, 11) is 0. The van der Waals surface area contributed by atoms with Crippen molar-refractivity contribution in [3.8, 4) is 0 Å². The van der Waals surface area contributed by atoms with Crippen LogP contribution in [0.1, 0.15) is 11.3 Å². The van der Waals surface area contributed by atoms with Gasteiger partial charge in [-0.2, -0.15) is 0 Å². The van der Waals surface area contributed by atoms with Gasteiger partial charge in [0.2, 0.25) is 0 Å². The molecule has 0 unspecified atom stereocenters. The Kier molecular flexibility index (Phi) is 4.71. The summed E-state index contributed by atoms with van der Waals surface area (Å²) in [5.74, 6) is 0. The molecule has 3 aromatic rings. The molecule has 4 heteroatoms. The molecule has 0 amide bonds. The Morgan fingerprint density at radius 1 is 0.952 bits per heavy atom. The van der Waals surface area contributed by atoms with E-state index >= 15 is 0 Å². The summed E-state index contributed by atoms with van der Waals surface area (Å²) in [5.41, 5.74) is 5.26. The van der Waals surface area contributed by atoms with E-state index in [4.69, 9.17) is 11.6 Å². The third kappa shape index (κ3) is 3.46. The fourth-order valence-corrected chi connectivity index (χ4v) is 2.40. The maximum absolute atomic E-state index is 6.10. The molecule has 2 nitrogen and oxygen atoms in total. The number of anilines is 2. The summed E-state index contributed by atoms with van der Waals surface area (Å²) >= 11 is 6.10. The highest BCUT2D eigenvalue weighted by Crippen LogP contribution is 2.28. The Hall–Kier alpha value is -1.77. The van der Waals surface area contributed by atoms with Crippen LogP contribution in [-0.4, -0.2) is 4.98 Å². The molecule has 3 rings (SSSR count). The van der Waals surface area contributed by atoms with E-state index < -0.39 is 0 Å². The van der Waals surface area contributed by atoms with Gasteiger partial charge in [0.1, 0.15) is 0 Å². The lowest BCUT2D eigenvalue weighted by molar-refractivity contribution is 1.25. The maximum atomic E-state index is 6.10. The molecule has 0 atom stereocenters. The number of hydrogen-bond donors (Lipinski definition) is 1. The number of nitrogens with zero attached hydrogens (tertiary/aromatic N) is 1. The van der Waals surface area contributed by atoms with E-state index in [0.29, 0.717) is 0 Å². The SMILES string of the molecule is Cc1ccc(Nc2cc(C)nc3ccc(Cl)cc23)cc1.Cl. The number of rotatable bonds is 2. The predicted octanol–water partition coefficient (Wildman–Crippen LogP) is 5.67. The molecule has 0 aliphatic heterocycles. The Morgan fingerprint density at radius 2 is 1.67 bits per heavy atom. The molecule has 0 fully saturated rings. The highest BCUT2D eigenvalue weighted by Gasteiger charge is 2.05. The van der Waals surface area contributed by atoms with Crippen LogP contribution in [0.4, 0.5) is 11.4 Å². The summed E-state index contributed by atoms with van der Waals surface area (Å²) in [6, 6.07) is 16.1. The van der Waals surface area contributed by atoms with Crippen LogP contribution in [0.2, 0.25) is 5.02 Å². The fraction of sp³-hybridized carbons (Fsp3) is 0.118. The molecule has 0 aliphatic rings. The number of nitrogens with one attached hydrogen (secondary N) is 1. The average Bonchev–Trinajstić information content (AvgIpc) is 2.42. The van der Waals surface area contributed by atoms with Gasteiger partial charge in [-0.25, -0.2) is 0 Å². The monoisotopic (exact) mass is 318 g/mol. The van der Waals surface area contributed by atoms with Crippen molar-refractivity contribution in [3.63, 3.8) is 0 Å². The minimum Gasteiger partial charge on any atom is -0.355 e. The van der Waals surface area contributed by atoms with Crippen molar-refractivity contribution in [2.45, 2.75) is 13.8 Å². The van der Waals surface area contributed by atoms with Gasteiger partial charge in [-0.1, -0.05) is 29.3 Å². The van der Waals surface area contributed by atoms with Crippen LogP contribution in [0, 0.1) is 13.8 Å². The van der Waals surface area contributed by atoms with Crippen molar-refractivity contribution < 1.29 is 0 Å². The van der Waals surface area contributed by atoms with Crippen LogP contribution in [-0.2, 0) is 0 Å². The van der Waals surface area contributed by atoms with Gasteiger partial charge in [0.25, 0.3) is 0 Å². The average molecular weight is 319 g/mol. The van der Waals surface area contributed by atoms with Crippen LogP contribution in [0.3, 0.4) is 0 Å². The number of aryl methyl sites for hydroxylation is 2. The second-order valence-corrected chi connectivity index (χ2v) is 5.40. The first-order valence-electron chi connectivity index (χ1n) is 6.52. The van der Waals surface area contributed by atoms with Crippen LogP contribution in [0.25, 0.3) is 10.9 Å². The number of benzene rings is 2. The summed E-state index contributed by atoms with van der Waals surface area (Å²) < 4.78 is 0. The number of aromatic nitrogens is 1. The van der Waals surface area contributed by atoms with E-state index in [9.17, 15) is 0 Å². The number of pyridine rings is 1. The number of halogens is 2. The zero-order valence-corrected chi connectivity index (χ0v) is 13.4. The zero-order chi connectivity index (χ0) is 14.1. The third-order valence-corrected chi connectivity index (χ3v) is 3.46. The van der Waals surface area contributed by atoms with Gasteiger partial charge in [0.15, 0.2) is 0 Å². The molecular formula is C17H16Cl2N2. The van der Waals surface area contributed by atoms with Crippen LogP contribution < -0.4 is 5.32 Å². The smallest absolute Gasteiger partial charge is 0.0727 e. The highest BCUT2D eigenvalue weighted by atomic mass is 35.5. The lowest BCUT2D eigenvalue weighted by Crippen LogP contribution is -1.94. The summed E-state index contributed by atoms with van der Waals surface area (Å²) in [4.78, 5) is 4.53. The van der Waals surface area contributed by atoms with Gasteiger partial charge in [-0.3, -0.25) is 4.98 Å². The van der Waals surface area contributed by atoms with Crippen LogP contribution in [0.5, 0.6) is 0 Å². The lowest BCUT2D eigenvalue weighted by atomic mass is 10.1. The molecule has 1 aromatic heterocycles. The van der Waals surface area contributed by atoms with E-state index in [-0.39, 0.29) is 12.4 Å². The Labute approximate surface area is 135 Å². The minimum atomic E-state index is 0. The van der Waals surface area contributed by atoms with E-state index in [0.717, 1.165) is 33.0 Å². The quantitative estimate of drug-likeness (QED) is 0.658. The first-order valence-corrected chi connectivity index (χ1v) is 6.90. The lowest BCUT2D eigenvalue weighted by Gasteiger charge is -2.11. The topological polar surface area (TPSA) is 24.9 Å². The number of hydrogen-bond acceptors (Lipinski definition) is 2. The van der Waals surface area contributed by atoms with Crippen molar-refractivity contribution >= 4 is 46.3 Å². The molecule has 0 saturated carbocycles. The van der Waals surface area contributed by atoms with Gasteiger partial charge in [-0.05, 0) is 50.2 Å². The van der Waals surface area contributed by atoms with Crippen molar-refractivity contribution in [1.29, 1.82) is 0 Å². The molecule has 108 valence electrons. The van der Waals surface area contributed by atoms with E-state index in [1.807, 2.05) is 31.2 Å². The largest absolute Gasteiger partial charge is 0.355 e. The van der Waals surface area contributed by atoms with Gasteiger partial charge < -0.3 is 5.32 Å². The van der Waals surface area contributed by atoms with Gasteiger partial charge in [0.05, 0.1) is 5.52 Å². The molecule has 1 heterocycles. The molecule has 1 N–H and O–H groups in total. The van der Waals surface area contributed by atoms with E-state index in [2.05, 4.69) is 41.5 Å². The third-order valence-electron chi connectivity index (χ3n) is 3.23. The zero-order valence-electron chi connectivity index (χ0n) is 11.9. The van der Waals surface area contributed by atoms with Gasteiger partial charge >= 0.3 is 0 Å². The molecule has 0 aliphatic carbocycles. The normalized spacial score (nSPS) is 10.2. The molecule has 0 saturated heterocycles. The second kappa shape index (κ2) is 6.33. The Balaban J connectivity index is 0.00000161. The molecule has 21 heavy (non-hydrogen) atoms. The molecule has 0 bridgehead atoms. The number of fused-ring (bicyclic) bond motifs is 1. The van der Waals surface area contributed by atoms with Crippen molar-refractivity contribution in [1.82, 2.24) is 4.98 Å². The van der Waals surface area contributed by atoms with Crippen molar-refractivity contribution in [2.24, 2.45) is 0 Å². The van der Waals surface area contributed by atoms with Crippen LogP contribution >= 0.6 is 24.0 Å². The van der Waals surface area contributed by atoms with E-state index in [1.165, 1.54) is 5.56 Å².